The first-order valence-corrected chi connectivity index (χ1v) is 6.15. The number of rotatable bonds is 4. The molecular weight excluding hydrogens is 172 g/mol. The van der Waals surface area contributed by atoms with Crippen molar-refractivity contribution >= 4 is 0 Å². The van der Waals surface area contributed by atoms with Crippen LogP contribution in [0.3, 0.4) is 0 Å². The van der Waals surface area contributed by atoms with Gasteiger partial charge in [0, 0.05) is 18.1 Å². The molecule has 0 aromatic rings. The van der Waals surface area contributed by atoms with Crippen LogP contribution >= 0.6 is 0 Å². The van der Waals surface area contributed by atoms with Crippen LogP contribution in [0.5, 0.6) is 0 Å². The molecule has 1 rings (SSSR count). The summed E-state index contributed by atoms with van der Waals surface area (Å²) in [6.45, 7) is 6.88. The smallest absolute Gasteiger partial charge is 0.00843 e. The highest BCUT2D eigenvalue weighted by Crippen LogP contribution is 2.18. The molecule has 4 atom stereocenters. The summed E-state index contributed by atoms with van der Waals surface area (Å²) < 4.78 is 0. The molecule has 2 nitrogen and oxygen atoms in total. The van der Waals surface area contributed by atoms with Crippen LogP contribution in [0, 0.1) is 5.92 Å². The summed E-state index contributed by atoms with van der Waals surface area (Å²) in [5, 5.41) is 3.72. The molecule has 4 unspecified atom stereocenters. The van der Waals surface area contributed by atoms with Crippen molar-refractivity contribution < 1.29 is 0 Å². The first-order chi connectivity index (χ1) is 6.63. The molecule has 0 amide bonds. The van der Waals surface area contributed by atoms with Gasteiger partial charge in [0.25, 0.3) is 0 Å². The zero-order valence-electron chi connectivity index (χ0n) is 9.92. The lowest BCUT2D eigenvalue weighted by Crippen LogP contribution is -2.45. The molecule has 0 bridgehead atoms. The number of nitrogens with two attached hydrogens (primary N) is 1. The Morgan fingerprint density at radius 3 is 2.64 bits per heavy atom. The predicted octanol–water partition coefficient (Wildman–Crippen LogP) is 2.28. The van der Waals surface area contributed by atoms with E-state index in [0.29, 0.717) is 18.1 Å². The van der Waals surface area contributed by atoms with Gasteiger partial charge in [-0.15, -0.1) is 0 Å². The van der Waals surface area contributed by atoms with Gasteiger partial charge in [-0.3, -0.25) is 0 Å². The lowest BCUT2D eigenvalue weighted by molar-refractivity contribution is 0.280. The van der Waals surface area contributed by atoms with Crippen molar-refractivity contribution in [2.45, 2.75) is 71.0 Å². The van der Waals surface area contributed by atoms with Crippen molar-refractivity contribution in [2.24, 2.45) is 11.7 Å². The van der Waals surface area contributed by atoms with Crippen molar-refractivity contribution in [3.63, 3.8) is 0 Å². The Morgan fingerprint density at radius 1 is 1.36 bits per heavy atom. The third kappa shape index (κ3) is 3.58. The third-order valence-corrected chi connectivity index (χ3v) is 3.71. The lowest BCUT2D eigenvalue weighted by atomic mass is 9.90. The molecule has 84 valence electrons. The van der Waals surface area contributed by atoms with Gasteiger partial charge in [-0.2, -0.15) is 0 Å². The highest BCUT2D eigenvalue weighted by molar-refractivity contribution is 4.82. The summed E-state index contributed by atoms with van der Waals surface area (Å²) >= 11 is 0. The molecule has 2 heteroatoms. The third-order valence-electron chi connectivity index (χ3n) is 3.71. The summed E-state index contributed by atoms with van der Waals surface area (Å²) in [7, 11) is 0. The molecule has 1 aliphatic rings. The lowest BCUT2D eigenvalue weighted by Gasteiger charge is -2.32. The molecule has 0 heterocycles. The summed E-state index contributed by atoms with van der Waals surface area (Å²) in [6, 6.07) is 1.74. The SMILES string of the molecule is CCC(C)C(C)NC1CCCC(N)C1. The van der Waals surface area contributed by atoms with Crippen molar-refractivity contribution in [3.8, 4) is 0 Å². The molecule has 0 aromatic heterocycles. The Morgan fingerprint density at radius 2 is 2.07 bits per heavy atom. The number of hydrogen-bond acceptors (Lipinski definition) is 2. The van der Waals surface area contributed by atoms with E-state index in [1.807, 2.05) is 0 Å². The standard InChI is InChI=1S/C12H26N2/c1-4-9(2)10(3)14-12-7-5-6-11(13)8-12/h9-12,14H,4-8,13H2,1-3H3. The van der Waals surface area contributed by atoms with E-state index in [2.05, 4.69) is 26.1 Å². The van der Waals surface area contributed by atoms with Gasteiger partial charge >= 0.3 is 0 Å². The van der Waals surface area contributed by atoms with Gasteiger partial charge in [0.05, 0.1) is 0 Å². The van der Waals surface area contributed by atoms with E-state index in [-0.39, 0.29) is 0 Å². The number of nitrogens with one attached hydrogen (secondary N) is 1. The van der Waals surface area contributed by atoms with E-state index >= 15 is 0 Å². The molecule has 1 saturated carbocycles. The van der Waals surface area contributed by atoms with Crippen LogP contribution in [0.25, 0.3) is 0 Å². The van der Waals surface area contributed by atoms with Crippen molar-refractivity contribution in [3.05, 3.63) is 0 Å². The van der Waals surface area contributed by atoms with Crippen molar-refractivity contribution in [1.29, 1.82) is 0 Å². The van der Waals surface area contributed by atoms with Gasteiger partial charge in [-0.05, 0) is 32.1 Å². The topological polar surface area (TPSA) is 38.0 Å². The molecule has 1 fully saturated rings. The van der Waals surface area contributed by atoms with E-state index in [9.17, 15) is 0 Å². The monoisotopic (exact) mass is 198 g/mol. The van der Waals surface area contributed by atoms with Crippen LogP contribution in [0.2, 0.25) is 0 Å². The Labute approximate surface area is 88.6 Å². The molecular formula is C12H26N2. The normalized spacial score (nSPS) is 32.6. The van der Waals surface area contributed by atoms with Gasteiger partial charge in [0.15, 0.2) is 0 Å². The van der Waals surface area contributed by atoms with Crippen molar-refractivity contribution in [2.75, 3.05) is 0 Å². The minimum absolute atomic E-state index is 0.436. The van der Waals surface area contributed by atoms with Crippen LogP contribution in [0.1, 0.15) is 52.9 Å². The van der Waals surface area contributed by atoms with E-state index in [1.165, 1.54) is 32.1 Å². The molecule has 0 saturated heterocycles. The largest absolute Gasteiger partial charge is 0.328 e. The Kier molecular flexibility index (Phi) is 4.90. The van der Waals surface area contributed by atoms with Gasteiger partial charge in [-0.1, -0.05) is 26.7 Å². The maximum absolute atomic E-state index is 5.97. The molecule has 3 N–H and O–H groups in total. The Balaban J connectivity index is 2.28. The Hall–Kier alpha value is -0.0800. The first kappa shape index (κ1) is 12.0. The Bertz CT molecular complexity index is 158. The minimum atomic E-state index is 0.436. The molecule has 0 spiro atoms. The summed E-state index contributed by atoms with van der Waals surface area (Å²) in [6.07, 6.45) is 6.25. The molecule has 1 aliphatic carbocycles. The fourth-order valence-electron chi connectivity index (χ4n) is 2.27. The van der Waals surface area contributed by atoms with Crippen molar-refractivity contribution in [1.82, 2.24) is 5.32 Å². The van der Waals surface area contributed by atoms with Crippen LogP contribution in [-0.4, -0.2) is 18.1 Å². The van der Waals surface area contributed by atoms with Gasteiger partial charge in [0.1, 0.15) is 0 Å². The van der Waals surface area contributed by atoms with Crippen LogP contribution in [-0.2, 0) is 0 Å². The second-order valence-corrected chi connectivity index (χ2v) is 4.96. The van der Waals surface area contributed by atoms with E-state index in [1.54, 1.807) is 0 Å². The van der Waals surface area contributed by atoms with Gasteiger partial charge < -0.3 is 11.1 Å². The summed E-state index contributed by atoms with van der Waals surface area (Å²) in [5.74, 6) is 0.771. The first-order valence-electron chi connectivity index (χ1n) is 6.15. The zero-order chi connectivity index (χ0) is 10.6. The summed E-state index contributed by atoms with van der Waals surface area (Å²) in [4.78, 5) is 0. The van der Waals surface area contributed by atoms with Crippen LogP contribution in [0.4, 0.5) is 0 Å². The molecule has 0 aliphatic heterocycles. The second kappa shape index (κ2) is 5.72. The highest BCUT2D eigenvalue weighted by Gasteiger charge is 2.21. The molecule has 0 aromatic carbocycles. The number of hydrogen-bond donors (Lipinski definition) is 2. The van der Waals surface area contributed by atoms with E-state index < -0.39 is 0 Å². The maximum atomic E-state index is 5.97. The zero-order valence-corrected chi connectivity index (χ0v) is 9.92. The molecule has 14 heavy (non-hydrogen) atoms. The quantitative estimate of drug-likeness (QED) is 0.727. The average molecular weight is 198 g/mol. The highest BCUT2D eigenvalue weighted by atomic mass is 15.0. The fourth-order valence-corrected chi connectivity index (χ4v) is 2.27. The predicted molar refractivity (Wildman–Crippen MR) is 62.3 cm³/mol. The van der Waals surface area contributed by atoms with E-state index in [0.717, 1.165) is 5.92 Å². The minimum Gasteiger partial charge on any atom is -0.328 e. The second-order valence-electron chi connectivity index (χ2n) is 4.96. The maximum Gasteiger partial charge on any atom is 0.00843 e. The molecule has 0 radical (unpaired) electrons. The van der Waals surface area contributed by atoms with Crippen LogP contribution < -0.4 is 11.1 Å². The fraction of sp³-hybridized carbons (Fsp3) is 1.00. The average Bonchev–Trinajstić information content (AvgIpc) is 2.16. The van der Waals surface area contributed by atoms with E-state index in [4.69, 9.17) is 5.73 Å². The summed E-state index contributed by atoms with van der Waals surface area (Å²) in [5.41, 5.74) is 5.97. The van der Waals surface area contributed by atoms with Gasteiger partial charge in [0.2, 0.25) is 0 Å². The van der Waals surface area contributed by atoms with Crippen LogP contribution in [0.15, 0.2) is 0 Å². The van der Waals surface area contributed by atoms with Gasteiger partial charge in [-0.25, -0.2) is 0 Å².